The summed E-state index contributed by atoms with van der Waals surface area (Å²) in [6, 6.07) is 3.45. The van der Waals surface area contributed by atoms with Crippen LogP contribution in [0.4, 0.5) is 8.78 Å². The van der Waals surface area contributed by atoms with Gasteiger partial charge in [0.1, 0.15) is 11.6 Å². The molecular weight excluding hydrogens is 228 g/mol. The molecule has 0 aliphatic heterocycles. The van der Waals surface area contributed by atoms with Crippen LogP contribution in [0.15, 0.2) is 18.2 Å². The van der Waals surface area contributed by atoms with Gasteiger partial charge in [-0.2, -0.15) is 0 Å². The molecule has 0 fully saturated rings. The predicted molar refractivity (Wildman–Crippen MR) is 60.5 cm³/mol. The standard InChI is InChI=1S/C12H17F2NO2/c1-8(5-6-16)15-7-11(17)12-9(13)3-2-4-10(12)14/h2-4,8,11,15-17H,5-7H2,1H3. The van der Waals surface area contributed by atoms with Crippen LogP contribution < -0.4 is 5.32 Å². The van der Waals surface area contributed by atoms with Gasteiger partial charge in [0.05, 0.1) is 11.7 Å². The highest BCUT2D eigenvalue weighted by molar-refractivity contribution is 5.22. The van der Waals surface area contributed by atoms with Crippen molar-refractivity contribution < 1.29 is 19.0 Å². The van der Waals surface area contributed by atoms with Crippen molar-refractivity contribution in [2.24, 2.45) is 0 Å². The van der Waals surface area contributed by atoms with Crippen LogP contribution in [0.25, 0.3) is 0 Å². The maximum Gasteiger partial charge on any atom is 0.131 e. The van der Waals surface area contributed by atoms with Crippen molar-refractivity contribution >= 4 is 0 Å². The molecule has 0 radical (unpaired) electrons. The molecule has 2 unspecified atom stereocenters. The second-order valence-electron chi connectivity index (χ2n) is 3.97. The lowest BCUT2D eigenvalue weighted by atomic mass is 10.1. The zero-order chi connectivity index (χ0) is 12.8. The van der Waals surface area contributed by atoms with E-state index in [4.69, 9.17) is 5.11 Å². The molecule has 0 heterocycles. The number of halogens is 2. The molecule has 2 atom stereocenters. The topological polar surface area (TPSA) is 52.5 Å². The van der Waals surface area contributed by atoms with Crippen molar-refractivity contribution in [2.75, 3.05) is 13.2 Å². The van der Waals surface area contributed by atoms with Crippen LogP contribution in [0.3, 0.4) is 0 Å². The van der Waals surface area contributed by atoms with Gasteiger partial charge in [-0.1, -0.05) is 6.07 Å². The predicted octanol–water partition coefficient (Wildman–Crippen LogP) is 1.36. The van der Waals surface area contributed by atoms with E-state index in [1.54, 1.807) is 0 Å². The van der Waals surface area contributed by atoms with Gasteiger partial charge in [0.2, 0.25) is 0 Å². The summed E-state index contributed by atoms with van der Waals surface area (Å²) >= 11 is 0. The summed E-state index contributed by atoms with van der Waals surface area (Å²) in [5, 5.41) is 21.3. The minimum atomic E-state index is -1.24. The van der Waals surface area contributed by atoms with Crippen LogP contribution in [0.5, 0.6) is 0 Å². The second kappa shape index (κ2) is 6.64. The lowest BCUT2D eigenvalue weighted by Gasteiger charge is -2.17. The molecule has 3 N–H and O–H groups in total. The van der Waals surface area contributed by atoms with Gasteiger partial charge in [-0.3, -0.25) is 0 Å². The molecule has 1 aromatic rings. The maximum absolute atomic E-state index is 13.3. The fraction of sp³-hybridized carbons (Fsp3) is 0.500. The van der Waals surface area contributed by atoms with Crippen molar-refractivity contribution in [3.8, 4) is 0 Å². The highest BCUT2D eigenvalue weighted by Crippen LogP contribution is 2.20. The molecule has 0 spiro atoms. The zero-order valence-corrected chi connectivity index (χ0v) is 9.66. The summed E-state index contributed by atoms with van der Waals surface area (Å²) < 4.78 is 26.6. The summed E-state index contributed by atoms with van der Waals surface area (Å²) in [4.78, 5) is 0. The largest absolute Gasteiger partial charge is 0.396 e. The van der Waals surface area contributed by atoms with E-state index >= 15 is 0 Å². The Balaban J connectivity index is 2.61. The molecule has 0 aliphatic rings. The minimum absolute atomic E-state index is 0.0236. The average Bonchev–Trinajstić information content (AvgIpc) is 2.26. The molecule has 5 heteroatoms. The number of hydrogen-bond acceptors (Lipinski definition) is 3. The third-order valence-corrected chi connectivity index (χ3v) is 2.55. The number of benzene rings is 1. The molecule has 1 aromatic carbocycles. The van der Waals surface area contributed by atoms with Crippen molar-refractivity contribution in [1.29, 1.82) is 0 Å². The highest BCUT2D eigenvalue weighted by atomic mass is 19.1. The van der Waals surface area contributed by atoms with Gasteiger partial charge in [-0.05, 0) is 25.5 Å². The average molecular weight is 245 g/mol. The zero-order valence-electron chi connectivity index (χ0n) is 9.66. The number of nitrogens with one attached hydrogen (secondary N) is 1. The molecule has 0 bridgehead atoms. The van der Waals surface area contributed by atoms with E-state index in [-0.39, 0.29) is 24.8 Å². The first kappa shape index (κ1) is 14.0. The monoisotopic (exact) mass is 245 g/mol. The quantitative estimate of drug-likeness (QED) is 0.709. The van der Waals surface area contributed by atoms with E-state index in [0.717, 1.165) is 12.1 Å². The molecule has 1 rings (SSSR count). The van der Waals surface area contributed by atoms with Gasteiger partial charge in [0.15, 0.2) is 0 Å². The third-order valence-electron chi connectivity index (χ3n) is 2.55. The number of rotatable bonds is 6. The van der Waals surface area contributed by atoms with Crippen molar-refractivity contribution in [2.45, 2.75) is 25.5 Å². The molecule has 3 nitrogen and oxygen atoms in total. The molecular formula is C12H17F2NO2. The molecule has 0 saturated carbocycles. The second-order valence-corrected chi connectivity index (χ2v) is 3.97. The van der Waals surface area contributed by atoms with Crippen molar-refractivity contribution in [3.63, 3.8) is 0 Å². The van der Waals surface area contributed by atoms with Crippen LogP contribution in [-0.4, -0.2) is 29.4 Å². The number of aliphatic hydroxyl groups excluding tert-OH is 2. The Hall–Kier alpha value is -1.04. The SMILES string of the molecule is CC(CCO)NCC(O)c1c(F)cccc1F. The van der Waals surface area contributed by atoms with Gasteiger partial charge >= 0.3 is 0 Å². The van der Waals surface area contributed by atoms with E-state index in [1.165, 1.54) is 6.07 Å². The Labute approximate surface area is 99.1 Å². The van der Waals surface area contributed by atoms with E-state index in [9.17, 15) is 13.9 Å². The smallest absolute Gasteiger partial charge is 0.131 e. The molecule has 96 valence electrons. The van der Waals surface area contributed by atoms with Crippen molar-refractivity contribution in [1.82, 2.24) is 5.32 Å². The molecule has 0 aliphatic carbocycles. The van der Waals surface area contributed by atoms with Crippen LogP contribution in [0.1, 0.15) is 25.0 Å². The summed E-state index contributed by atoms with van der Waals surface area (Å²) in [5.41, 5.74) is -0.323. The molecule has 0 saturated heterocycles. The summed E-state index contributed by atoms with van der Waals surface area (Å²) in [5.74, 6) is -1.51. The summed E-state index contributed by atoms with van der Waals surface area (Å²) in [6.07, 6.45) is -0.718. The lowest BCUT2D eigenvalue weighted by Crippen LogP contribution is -2.31. The van der Waals surface area contributed by atoms with E-state index in [2.05, 4.69) is 5.32 Å². The Morgan fingerprint density at radius 3 is 2.41 bits per heavy atom. The van der Waals surface area contributed by atoms with Crippen LogP contribution in [-0.2, 0) is 0 Å². The fourth-order valence-electron chi connectivity index (χ4n) is 1.54. The number of aliphatic hydroxyl groups is 2. The van der Waals surface area contributed by atoms with E-state index < -0.39 is 17.7 Å². The van der Waals surface area contributed by atoms with Crippen LogP contribution in [0.2, 0.25) is 0 Å². The first-order valence-corrected chi connectivity index (χ1v) is 5.52. The summed E-state index contributed by atoms with van der Waals surface area (Å²) in [7, 11) is 0. The van der Waals surface area contributed by atoms with Crippen molar-refractivity contribution in [3.05, 3.63) is 35.4 Å². The van der Waals surface area contributed by atoms with E-state index in [0.29, 0.717) is 6.42 Å². The van der Waals surface area contributed by atoms with Gasteiger partial charge in [-0.15, -0.1) is 0 Å². The Morgan fingerprint density at radius 2 is 1.88 bits per heavy atom. The van der Waals surface area contributed by atoms with Crippen LogP contribution in [0, 0.1) is 11.6 Å². The molecule has 0 aromatic heterocycles. The molecule has 0 amide bonds. The first-order valence-electron chi connectivity index (χ1n) is 5.52. The first-order chi connectivity index (χ1) is 8.06. The van der Waals surface area contributed by atoms with Gasteiger partial charge in [0, 0.05) is 19.2 Å². The van der Waals surface area contributed by atoms with Gasteiger partial charge < -0.3 is 15.5 Å². The fourth-order valence-corrected chi connectivity index (χ4v) is 1.54. The van der Waals surface area contributed by atoms with Gasteiger partial charge in [-0.25, -0.2) is 8.78 Å². The number of hydrogen-bond donors (Lipinski definition) is 3. The molecule has 17 heavy (non-hydrogen) atoms. The Morgan fingerprint density at radius 1 is 1.29 bits per heavy atom. The normalized spacial score (nSPS) is 14.6. The highest BCUT2D eigenvalue weighted by Gasteiger charge is 2.17. The lowest BCUT2D eigenvalue weighted by molar-refractivity contribution is 0.158. The van der Waals surface area contributed by atoms with E-state index in [1.807, 2.05) is 6.92 Å². The third kappa shape index (κ3) is 4.03. The Kier molecular flexibility index (Phi) is 5.47. The minimum Gasteiger partial charge on any atom is -0.396 e. The Bertz CT molecular complexity index is 340. The maximum atomic E-state index is 13.3. The van der Waals surface area contributed by atoms with Crippen LogP contribution >= 0.6 is 0 Å². The summed E-state index contributed by atoms with van der Waals surface area (Å²) in [6.45, 7) is 1.89. The van der Waals surface area contributed by atoms with Gasteiger partial charge in [0.25, 0.3) is 0 Å².